The zero-order valence-electron chi connectivity index (χ0n) is 28.0. The molecule has 0 amide bonds. The maximum atomic E-state index is 5.29. The molecule has 7 aromatic carbocycles. The van der Waals surface area contributed by atoms with Gasteiger partial charge >= 0.3 is 0 Å². The Morgan fingerprint density at radius 3 is 1.73 bits per heavy atom. The maximum absolute atomic E-state index is 5.29. The highest BCUT2D eigenvalue weighted by molar-refractivity contribution is 6.29. The number of aromatic nitrogens is 5. The molecular weight excluding hydrogens is 635 g/mol. The molecule has 5 nitrogen and oxygen atoms in total. The number of imidazole rings is 1. The second-order valence-electron chi connectivity index (χ2n) is 13.3. The Kier molecular flexibility index (Phi) is 6.18. The molecule has 11 aromatic rings. The molecule has 0 aliphatic carbocycles. The summed E-state index contributed by atoms with van der Waals surface area (Å²) in [6.45, 7) is 0. The molecule has 5 heteroatoms. The Bertz CT molecular complexity index is 3120. The third kappa shape index (κ3) is 4.26. The fraction of sp³-hybridized carbons (Fsp3) is 0. The van der Waals surface area contributed by atoms with Crippen LogP contribution in [-0.4, -0.2) is 23.9 Å². The van der Waals surface area contributed by atoms with E-state index in [0.717, 1.165) is 72.4 Å². The molecular formula is C47H29N5. The van der Waals surface area contributed by atoms with Crippen LogP contribution in [0.5, 0.6) is 0 Å². The van der Waals surface area contributed by atoms with Crippen LogP contribution >= 0.6 is 0 Å². The van der Waals surface area contributed by atoms with Gasteiger partial charge in [-0.25, -0.2) is 15.0 Å². The number of benzene rings is 7. The summed E-state index contributed by atoms with van der Waals surface area (Å²) in [5.41, 5.74) is 12.4. The van der Waals surface area contributed by atoms with Crippen LogP contribution in [0, 0.1) is 0 Å². The molecule has 0 aliphatic heterocycles. The molecule has 0 bridgehead atoms. The fourth-order valence-corrected chi connectivity index (χ4v) is 8.00. The molecule has 11 rings (SSSR count). The first-order chi connectivity index (χ1) is 25.8. The van der Waals surface area contributed by atoms with Gasteiger partial charge in [0, 0.05) is 43.9 Å². The molecule has 0 atom stereocenters. The lowest BCUT2D eigenvalue weighted by Crippen LogP contribution is -1.98. The van der Waals surface area contributed by atoms with E-state index in [-0.39, 0.29) is 0 Å². The van der Waals surface area contributed by atoms with Crippen LogP contribution in [0.4, 0.5) is 0 Å². The van der Waals surface area contributed by atoms with Crippen LogP contribution in [0.3, 0.4) is 0 Å². The molecule has 0 fully saturated rings. The highest BCUT2D eigenvalue weighted by Gasteiger charge is 2.21. The largest absolute Gasteiger partial charge is 0.309 e. The van der Waals surface area contributed by atoms with Gasteiger partial charge in [-0.3, -0.25) is 4.40 Å². The molecule has 0 spiro atoms. The van der Waals surface area contributed by atoms with Gasteiger partial charge in [-0.05, 0) is 53.9 Å². The summed E-state index contributed by atoms with van der Waals surface area (Å²) in [7, 11) is 0. The first-order valence-electron chi connectivity index (χ1n) is 17.5. The van der Waals surface area contributed by atoms with Gasteiger partial charge in [-0.2, -0.15) is 0 Å². The minimum Gasteiger partial charge on any atom is -0.309 e. The molecule has 4 heterocycles. The van der Waals surface area contributed by atoms with Gasteiger partial charge in [0.15, 0.2) is 5.82 Å². The monoisotopic (exact) mass is 663 g/mol. The zero-order chi connectivity index (χ0) is 34.2. The lowest BCUT2D eigenvalue weighted by atomic mass is 10.0. The quantitative estimate of drug-likeness (QED) is 0.176. The van der Waals surface area contributed by atoms with Crippen LogP contribution in [0.2, 0.25) is 0 Å². The van der Waals surface area contributed by atoms with Gasteiger partial charge in [0.2, 0.25) is 0 Å². The number of hydrogen-bond donors (Lipinski definition) is 0. The Morgan fingerprint density at radius 1 is 0.365 bits per heavy atom. The summed E-state index contributed by atoms with van der Waals surface area (Å²) in [5.74, 6) is 0.686. The second kappa shape index (κ2) is 11.2. The van der Waals surface area contributed by atoms with Crippen LogP contribution in [-0.2, 0) is 0 Å². The molecule has 4 aromatic heterocycles. The van der Waals surface area contributed by atoms with E-state index in [4.69, 9.17) is 15.0 Å². The third-order valence-corrected chi connectivity index (χ3v) is 10.3. The normalized spacial score (nSPS) is 11.8. The topological polar surface area (TPSA) is 48.0 Å². The highest BCUT2D eigenvalue weighted by Crippen LogP contribution is 2.42. The lowest BCUT2D eigenvalue weighted by molar-refractivity contribution is 1.16. The van der Waals surface area contributed by atoms with Crippen molar-refractivity contribution < 1.29 is 0 Å². The van der Waals surface area contributed by atoms with Crippen molar-refractivity contribution in [2.45, 2.75) is 0 Å². The van der Waals surface area contributed by atoms with Gasteiger partial charge in [-0.1, -0.05) is 127 Å². The zero-order valence-corrected chi connectivity index (χ0v) is 28.0. The van der Waals surface area contributed by atoms with Gasteiger partial charge in [0.25, 0.3) is 0 Å². The van der Waals surface area contributed by atoms with Crippen molar-refractivity contribution in [3.05, 3.63) is 176 Å². The van der Waals surface area contributed by atoms with Crippen molar-refractivity contribution in [2.75, 3.05) is 0 Å². The van der Waals surface area contributed by atoms with E-state index >= 15 is 0 Å². The number of para-hydroxylation sites is 4. The Morgan fingerprint density at radius 2 is 0.981 bits per heavy atom. The molecule has 0 N–H and O–H groups in total. The number of hydrogen-bond acceptors (Lipinski definition) is 3. The second-order valence-corrected chi connectivity index (χ2v) is 13.3. The van der Waals surface area contributed by atoms with Crippen molar-refractivity contribution in [3.63, 3.8) is 0 Å². The molecule has 0 saturated heterocycles. The van der Waals surface area contributed by atoms with E-state index in [1.54, 1.807) is 0 Å². The van der Waals surface area contributed by atoms with E-state index in [9.17, 15) is 0 Å². The van der Waals surface area contributed by atoms with Crippen molar-refractivity contribution in [2.24, 2.45) is 0 Å². The predicted octanol–water partition coefficient (Wildman–Crippen LogP) is 11.7. The minimum absolute atomic E-state index is 0.686. The van der Waals surface area contributed by atoms with E-state index in [1.807, 2.05) is 12.1 Å². The van der Waals surface area contributed by atoms with Crippen LogP contribution < -0.4 is 0 Å². The van der Waals surface area contributed by atoms with E-state index in [0.29, 0.717) is 5.82 Å². The highest BCUT2D eigenvalue weighted by atomic mass is 15.0. The van der Waals surface area contributed by atoms with Crippen molar-refractivity contribution in [1.82, 2.24) is 23.9 Å². The number of nitrogens with zero attached hydrogens (tertiary/aromatic N) is 5. The molecule has 242 valence electrons. The molecule has 0 aliphatic rings. The maximum Gasteiger partial charge on any atom is 0.160 e. The van der Waals surface area contributed by atoms with E-state index in [1.165, 1.54) is 21.5 Å². The molecule has 52 heavy (non-hydrogen) atoms. The third-order valence-electron chi connectivity index (χ3n) is 10.3. The average molecular weight is 664 g/mol. The number of rotatable bonds is 4. The van der Waals surface area contributed by atoms with Crippen molar-refractivity contribution >= 4 is 60.2 Å². The SMILES string of the molecule is c1ccc(-c2cc(-c3ccccc3)nc(-c3cccc(-n4c5ccccc5c5c6c(ccc54)c4ccccc4n4c5ccccc5nc64)c3)n2)cc1. The van der Waals surface area contributed by atoms with Gasteiger partial charge in [-0.15, -0.1) is 0 Å². The van der Waals surface area contributed by atoms with Crippen LogP contribution in [0.1, 0.15) is 0 Å². The standard InChI is InChI=1S/C47H29N5/c1-3-14-30(15-4-1)38-29-39(31-16-5-2-6-17-31)49-46(48-38)32-18-13-19-33(28-32)51-41-24-11-8-21-36(41)44-43(51)27-26-35-34-20-7-10-23-40(34)52-42-25-12-9-22-37(42)50-47(52)45(35)44/h1-29H. The van der Waals surface area contributed by atoms with Crippen LogP contribution in [0.15, 0.2) is 176 Å². The fourth-order valence-electron chi connectivity index (χ4n) is 8.00. The smallest absolute Gasteiger partial charge is 0.160 e. The summed E-state index contributed by atoms with van der Waals surface area (Å²) < 4.78 is 4.71. The summed E-state index contributed by atoms with van der Waals surface area (Å²) in [6.07, 6.45) is 0. The summed E-state index contributed by atoms with van der Waals surface area (Å²) >= 11 is 0. The van der Waals surface area contributed by atoms with Gasteiger partial charge < -0.3 is 4.57 Å². The number of fused-ring (bicyclic) bond motifs is 12. The van der Waals surface area contributed by atoms with Crippen LogP contribution in [0.25, 0.3) is 99.8 Å². The first-order valence-corrected chi connectivity index (χ1v) is 17.5. The Labute approximate surface area is 298 Å². The summed E-state index contributed by atoms with van der Waals surface area (Å²) in [5, 5.41) is 5.94. The van der Waals surface area contributed by atoms with Gasteiger partial charge in [0.1, 0.15) is 5.65 Å². The average Bonchev–Trinajstić information content (AvgIpc) is 3.78. The van der Waals surface area contributed by atoms with E-state index in [2.05, 4.69) is 173 Å². The summed E-state index contributed by atoms with van der Waals surface area (Å²) in [6, 6.07) is 61.7. The van der Waals surface area contributed by atoms with Crippen molar-refractivity contribution in [3.8, 4) is 39.6 Å². The Hall–Kier alpha value is -7.11. The Balaban J connectivity index is 1.19. The predicted molar refractivity (Wildman–Crippen MR) is 214 cm³/mol. The minimum atomic E-state index is 0.686. The number of pyridine rings is 1. The summed E-state index contributed by atoms with van der Waals surface area (Å²) in [4.78, 5) is 15.6. The molecule has 0 radical (unpaired) electrons. The first kappa shape index (κ1) is 28.7. The molecule has 0 unspecified atom stereocenters. The van der Waals surface area contributed by atoms with Gasteiger partial charge in [0.05, 0.1) is 39.0 Å². The lowest BCUT2D eigenvalue weighted by Gasteiger charge is -2.13. The van der Waals surface area contributed by atoms with Crippen molar-refractivity contribution in [1.29, 1.82) is 0 Å². The van der Waals surface area contributed by atoms with E-state index < -0.39 is 0 Å². The molecule has 0 saturated carbocycles.